The van der Waals surface area contributed by atoms with E-state index in [0.717, 1.165) is 6.42 Å². The fourth-order valence-corrected chi connectivity index (χ4v) is 4.55. The van der Waals surface area contributed by atoms with Crippen LogP contribution in [-0.2, 0) is 4.74 Å². The van der Waals surface area contributed by atoms with Crippen molar-refractivity contribution < 1.29 is 9.53 Å². The van der Waals surface area contributed by atoms with E-state index in [1.54, 1.807) is 0 Å². The highest BCUT2D eigenvalue weighted by Gasteiger charge is 2.50. The molecule has 0 aliphatic heterocycles. The first kappa shape index (κ1) is 15.4. The van der Waals surface area contributed by atoms with Crippen molar-refractivity contribution in [3.8, 4) is 0 Å². The zero-order valence-electron chi connectivity index (χ0n) is 13.4. The van der Waals surface area contributed by atoms with Crippen LogP contribution in [0.3, 0.4) is 0 Å². The normalized spacial score (nSPS) is 37.5. The van der Waals surface area contributed by atoms with Gasteiger partial charge in [0.05, 0.1) is 7.11 Å². The molecular weight excluding hydrogens is 250 g/mol. The molecule has 0 saturated heterocycles. The maximum atomic E-state index is 11.8. The van der Waals surface area contributed by atoms with Crippen LogP contribution in [0.1, 0.15) is 52.9 Å². The van der Waals surface area contributed by atoms with Gasteiger partial charge in [-0.3, -0.25) is 0 Å². The lowest BCUT2D eigenvalue weighted by molar-refractivity contribution is 0.0213. The summed E-state index contributed by atoms with van der Waals surface area (Å²) in [6.45, 7) is 11.2. The number of rotatable bonds is 2. The Kier molecular flexibility index (Phi) is 4.46. The van der Waals surface area contributed by atoms with Crippen molar-refractivity contribution in [2.45, 2.75) is 58.9 Å². The molecule has 2 aliphatic rings. The lowest BCUT2D eigenvalue weighted by Crippen LogP contribution is -2.56. The molecule has 20 heavy (non-hydrogen) atoms. The Morgan fingerprint density at radius 1 is 1.45 bits per heavy atom. The van der Waals surface area contributed by atoms with Crippen molar-refractivity contribution in [1.82, 2.24) is 5.32 Å². The molecule has 0 bridgehead atoms. The van der Waals surface area contributed by atoms with Gasteiger partial charge < -0.3 is 10.1 Å². The fourth-order valence-electron chi connectivity index (χ4n) is 4.55. The largest absolute Gasteiger partial charge is 0.453 e. The molecule has 1 amide bonds. The van der Waals surface area contributed by atoms with Gasteiger partial charge >= 0.3 is 6.09 Å². The van der Waals surface area contributed by atoms with E-state index in [9.17, 15) is 4.79 Å². The zero-order valence-corrected chi connectivity index (χ0v) is 13.4. The first-order chi connectivity index (χ1) is 9.39. The van der Waals surface area contributed by atoms with E-state index in [2.05, 4.69) is 32.7 Å². The Hall–Kier alpha value is -0.990. The number of hydrogen-bond donors (Lipinski definition) is 1. The molecule has 2 saturated carbocycles. The topological polar surface area (TPSA) is 38.3 Å². The van der Waals surface area contributed by atoms with E-state index in [-0.39, 0.29) is 12.1 Å². The summed E-state index contributed by atoms with van der Waals surface area (Å²) in [6.07, 6.45) is 5.73. The van der Waals surface area contributed by atoms with Crippen LogP contribution in [0, 0.1) is 23.2 Å². The van der Waals surface area contributed by atoms with Crippen LogP contribution >= 0.6 is 0 Å². The van der Waals surface area contributed by atoms with Gasteiger partial charge in [0.1, 0.15) is 0 Å². The minimum absolute atomic E-state index is 0.175. The molecule has 2 rings (SSSR count). The Morgan fingerprint density at radius 2 is 2.15 bits per heavy atom. The zero-order chi connectivity index (χ0) is 14.9. The van der Waals surface area contributed by atoms with Crippen molar-refractivity contribution in [3.63, 3.8) is 0 Å². The molecule has 4 unspecified atom stereocenters. The van der Waals surface area contributed by atoms with Gasteiger partial charge in [0.2, 0.25) is 0 Å². The highest BCUT2D eigenvalue weighted by Crippen LogP contribution is 2.54. The average Bonchev–Trinajstić information content (AvgIpc) is 2.37. The molecule has 0 heterocycles. The lowest BCUT2D eigenvalue weighted by atomic mass is 9.53. The van der Waals surface area contributed by atoms with E-state index >= 15 is 0 Å². The number of ether oxygens (including phenoxy) is 1. The maximum Gasteiger partial charge on any atom is 0.407 e. The van der Waals surface area contributed by atoms with E-state index in [1.807, 2.05) is 0 Å². The van der Waals surface area contributed by atoms with Gasteiger partial charge in [-0.1, -0.05) is 32.9 Å². The number of hydrogen-bond acceptors (Lipinski definition) is 2. The molecule has 0 radical (unpaired) electrons. The SMILES string of the molecule is C=C1CCCC2(C)CCC(C(C)C)C(NC(=O)OC)C12. The van der Waals surface area contributed by atoms with E-state index in [4.69, 9.17) is 4.74 Å². The second-order valence-electron chi connectivity index (χ2n) is 7.25. The number of alkyl carbamates (subject to hydrolysis) is 1. The molecule has 0 spiro atoms. The van der Waals surface area contributed by atoms with Crippen LogP contribution in [0.5, 0.6) is 0 Å². The number of amides is 1. The van der Waals surface area contributed by atoms with E-state index in [0.29, 0.717) is 23.2 Å². The summed E-state index contributed by atoms with van der Waals surface area (Å²) in [4.78, 5) is 11.8. The third-order valence-electron chi connectivity index (χ3n) is 5.63. The Bertz CT molecular complexity index is 390. The van der Waals surface area contributed by atoms with Gasteiger partial charge in [0.15, 0.2) is 0 Å². The molecule has 3 heteroatoms. The Labute approximate surface area is 123 Å². The predicted octanol–water partition coefficient (Wildman–Crippen LogP) is 4.14. The van der Waals surface area contributed by atoms with Crippen molar-refractivity contribution in [2.75, 3.05) is 7.11 Å². The first-order valence-corrected chi connectivity index (χ1v) is 7.91. The molecule has 3 nitrogen and oxygen atoms in total. The molecule has 1 N–H and O–H groups in total. The second kappa shape index (κ2) is 5.79. The van der Waals surface area contributed by atoms with Crippen LogP contribution in [0.25, 0.3) is 0 Å². The third-order valence-corrected chi connectivity index (χ3v) is 5.63. The summed E-state index contributed by atoms with van der Waals surface area (Å²) in [5, 5.41) is 3.13. The lowest BCUT2D eigenvalue weighted by Gasteiger charge is -2.54. The van der Waals surface area contributed by atoms with Crippen LogP contribution in [0.15, 0.2) is 12.2 Å². The van der Waals surface area contributed by atoms with Gasteiger partial charge in [0, 0.05) is 12.0 Å². The van der Waals surface area contributed by atoms with Crippen molar-refractivity contribution >= 4 is 6.09 Å². The number of methoxy groups -OCH3 is 1. The van der Waals surface area contributed by atoms with Gasteiger partial charge in [-0.15, -0.1) is 0 Å². The summed E-state index contributed by atoms with van der Waals surface area (Å²) < 4.78 is 4.85. The van der Waals surface area contributed by atoms with E-state index in [1.165, 1.54) is 38.4 Å². The van der Waals surface area contributed by atoms with Gasteiger partial charge in [-0.05, 0) is 49.4 Å². The molecule has 2 aliphatic carbocycles. The number of carbonyl (C=O) groups excluding carboxylic acids is 1. The van der Waals surface area contributed by atoms with Crippen LogP contribution in [0.4, 0.5) is 4.79 Å². The number of fused-ring (bicyclic) bond motifs is 1. The summed E-state index contributed by atoms with van der Waals surface area (Å²) in [5.41, 5.74) is 1.62. The average molecular weight is 279 g/mol. The summed E-state index contributed by atoms with van der Waals surface area (Å²) in [5.74, 6) is 1.48. The minimum Gasteiger partial charge on any atom is -0.453 e. The quantitative estimate of drug-likeness (QED) is 0.771. The summed E-state index contributed by atoms with van der Waals surface area (Å²) in [7, 11) is 1.44. The van der Waals surface area contributed by atoms with Gasteiger partial charge in [-0.2, -0.15) is 0 Å². The molecule has 0 aromatic rings. The first-order valence-electron chi connectivity index (χ1n) is 7.91. The number of nitrogens with one attached hydrogen (secondary N) is 1. The molecule has 114 valence electrons. The monoisotopic (exact) mass is 279 g/mol. The Morgan fingerprint density at radius 3 is 2.75 bits per heavy atom. The van der Waals surface area contributed by atoms with Crippen LogP contribution < -0.4 is 5.32 Å². The van der Waals surface area contributed by atoms with Crippen LogP contribution in [0.2, 0.25) is 0 Å². The van der Waals surface area contributed by atoms with Gasteiger partial charge in [0.25, 0.3) is 0 Å². The highest BCUT2D eigenvalue weighted by atomic mass is 16.5. The summed E-state index contributed by atoms with van der Waals surface area (Å²) in [6, 6.07) is 0.175. The molecular formula is C17H29NO2. The minimum atomic E-state index is -0.303. The maximum absolute atomic E-state index is 11.8. The highest BCUT2D eigenvalue weighted by molar-refractivity contribution is 5.67. The number of carbonyl (C=O) groups is 1. The molecule has 0 aromatic carbocycles. The smallest absolute Gasteiger partial charge is 0.407 e. The van der Waals surface area contributed by atoms with Crippen molar-refractivity contribution in [1.29, 1.82) is 0 Å². The van der Waals surface area contributed by atoms with Crippen molar-refractivity contribution in [3.05, 3.63) is 12.2 Å². The third kappa shape index (κ3) is 2.72. The summed E-state index contributed by atoms with van der Waals surface area (Å²) >= 11 is 0. The standard InChI is InChI=1S/C17H29NO2/c1-11(2)13-8-10-17(4)9-6-7-12(3)14(17)15(13)18-16(19)20-5/h11,13-15H,3,6-10H2,1-2,4-5H3,(H,18,19). The molecule has 4 atom stereocenters. The van der Waals surface area contributed by atoms with Crippen LogP contribution in [-0.4, -0.2) is 19.2 Å². The predicted molar refractivity (Wildman–Crippen MR) is 81.5 cm³/mol. The van der Waals surface area contributed by atoms with Crippen molar-refractivity contribution in [2.24, 2.45) is 23.2 Å². The Balaban J connectivity index is 2.30. The van der Waals surface area contributed by atoms with Gasteiger partial charge in [-0.25, -0.2) is 4.79 Å². The fraction of sp³-hybridized carbons (Fsp3) is 0.824. The van der Waals surface area contributed by atoms with E-state index < -0.39 is 0 Å². The molecule has 2 fully saturated rings. The second-order valence-corrected chi connectivity index (χ2v) is 7.25. The molecule has 0 aromatic heterocycles.